The van der Waals surface area contributed by atoms with Crippen molar-refractivity contribution in [1.29, 1.82) is 0 Å². The van der Waals surface area contributed by atoms with Crippen molar-refractivity contribution in [1.82, 2.24) is 0 Å². The molecule has 0 N–H and O–H groups in total. The van der Waals surface area contributed by atoms with Gasteiger partial charge in [0.25, 0.3) is 11.7 Å². The van der Waals surface area contributed by atoms with E-state index in [0.717, 1.165) is 10.5 Å². The number of hydrogen-bond acceptors (Lipinski definition) is 3. The smallest absolute Gasteiger partial charge is 0.302 e. The molecule has 1 aromatic rings. The largest absolute Gasteiger partial charge is 0.522 e. The van der Waals surface area contributed by atoms with Crippen LogP contribution in [0.5, 0.6) is 0 Å². The summed E-state index contributed by atoms with van der Waals surface area (Å²) in [4.78, 5) is 24.6. The van der Waals surface area contributed by atoms with E-state index in [0.29, 0.717) is 12.1 Å². The van der Waals surface area contributed by atoms with Crippen molar-refractivity contribution >= 4 is 17.4 Å². The first-order chi connectivity index (χ1) is 9.33. The Bertz CT molecular complexity index is 554. The lowest BCUT2D eigenvalue weighted by Crippen LogP contribution is -2.34. The van der Waals surface area contributed by atoms with Crippen molar-refractivity contribution in [3.8, 4) is 0 Å². The number of alkyl halides is 3. The minimum atomic E-state index is -4.75. The van der Waals surface area contributed by atoms with E-state index in [1.165, 1.54) is 0 Å². The van der Waals surface area contributed by atoms with E-state index in [-0.39, 0.29) is 12.1 Å². The highest BCUT2D eigenvalue weighted by molar-refractivity contribution is 6.52. The molecule has 0 unspecified atom stereocenters. The lowest BCUT2D eigenvalue weighted by molar-refractivity contribution is -0.323. The lowest BCUT2D eigenvalue weighted by Gasteiger charge is -2.17. The maximum Gasteiger partial charge on any atom is 0.522 e. The Labute approximate surface area is 113 Å². The van der Waals surface area contributed by atoms with E-state index in [1.807, 2.05) is 6.92 Å². The number of benzene rings is 1. The molecule has 0 spiro atoms. The van der Waals surface area contributed by atoms with Gasteiger partial charge in [0.2, 0.25) is 0 Å². The van der Waals surface area contributed by atoms with Crippen molar-refractivity contribution < 1.29 is 27.5 Å². The van der Waals surface area contributed by atoms with Gasteiger partial charge in [-0.05, 0) is 24.1 Å². The van der Waals surface area contributed by atoms with Gasteiger partial charge in [0, 0.05) is 0 Å². The van der Waals surface area contributed by atoms with Crippen LogP contribution in [-0.2, 0) is 16.0 Å². The quantitative estimate of drug-likeness (QED) is 0.798. The minimum Gasteiger partial charge on any atom is -0.302 e. The Morgan fingerprint density at radius 1 is 1.25 bits per heavy atom. The second kappa shape index (κ2) is 5.24. The number of halogens is 3. The van der Waals surface area contributed by atoms with Crippen LogP contribution in [0.25, 0.3) is 0 Å². The first-order valence-electron chi connectivity index (χ1n) is 6.03. The monoisotopic (exact) mass is 287 g/mol. The molecule has 2 rings (SSSR count). The number of anilines is 1. The average Bonchev–Trinajstić information content (AvgIpc) is 2.62. The molecule has 1 aliphatic heterocycles. The van der Waals surface area contributed by atoms with Crippen LogP contribution in [0, 0.1) is 0 Å². The van der Waals surface area contributed by atoms with E-state index in [1.54, 1.807) is 18.2 Å². The Balaban J connectivity index is 2.17. The molecule has 0 saturated carbocycles. The number of rotatable bonds is 4. The van der Waals surface area contributed by atoms with E-state index in [2.05, 4.69) is 4.74 Å². The van der Waals surface area contributed by atoms with E-state index >= 15 is 0 Å². The highest BCUT2D eigenvalue weighted by Gasteiger charge is 2.36. The first-order valence-corrected chi connectivity index (χ1v) is 6.03. The number of amides is 1. The zero-order valence-electron chi connectivity index (χ0n) is 10.7. The summed E-state index contributed by atoms with van der Waals surface area (Å²) < 4.78 is 39.3. The van der Waals surface area contributed by atoms with Crippen molar-refractivity contribution in [2.24, 2.45) is 0 Å². The molecule has 0 atom stereocenters. The summed E-state index contributed by atoms with van der Waals surface area (Å²) in [5, 5.41) is 0. The predicted octanol–water partition coefficient (Wildman–Crippen LogP) is 2.31. The maximum atomic E-state index is 11.9. The lowest BCUT2D eigenvalue weighted by atomic mass is 10.1. The Kier molecular flexibility index (Phi) is 3.80. The van der Waals surface area contributed by atoms with Crippen LogP contribution in [0.4, 0.5) is 18.9 Å². The molecule has 1 aromatic carbocycles. The zero-order chi connectivity index (χ0) is 14.9. The molecule has 7 heteroatoms. The van der Waals surface area contributed by atoms with Crippen molar-refractivity contribution in [3.63, 3.8) is 0 Å². The topological polar surface area (TPSA) is 46.6 Å². The van der Waals surface area contributed by atoms with Gasteiger partial charge >= 0.3 is 6.36 Å². The van der Waals surface area contributed by atoms with Gasteiger partial charge in [-0.25, -0.2) is 0 Å². The summed E-state index contributed by atoms with van der Waals surface area (Å²) in [5.41, 5.74) is 1.46. The molecule has 0 aliphatic carbocycles. The number of nitrogens with zero attached hydrogens (tertiary/aromatic N) is 1. The molecule has 1 heterocycles. The van der Waals surface area contributed by atoms with Gasteiger partial charge in [0.1, 0.15) is 0 Å². The van der Waals surface area contributed by atoms with E-state index in [4.69, 9.17) is 0 Å². The third kappa shape index (κ3) is 2.82. The molecule has 0 bridgehead atoms. The van der Waals surface area contributed by atoms with Gasteiger partial charge in [0.15, 0.2) is 0 Å². The Morgan fingerprint density at radius 2 is 1.95 bits per heavy atom. The van der Waals surface area contributed by atoms with Crippen LogP contribution in [-0.4, -0.2) is 31.2 Å². The Hall–Kier alpha value is -1.89. The maximum absolute atomic E-state index is 11.9. The normalized spacial score (nSPS) is 14.9. The minimum absolute atomic E-state index is 0.237. The molecule has 0 aromatic heterocycles. The molecule has 20 heavy (non-hydrogen) atoms. The molecule has 0 fully saturated rings. The van der Waals surface area contributed by atoms with Gasteiger partial charge in [-0.1, -0.05) is 13.0 Å². The number of ether oxygens (including phenoxy) is 1. The zero-order valence-corrected chi connectivity index (χ0v) is 10.7. The number of fused-ring (bicyclic) bond motifs is 1. The second-order valence-electron chi connectivity index (χ2n) is 4.29. The summed E-state index contributed by atoms with van der Waals surface area (Å²) in [6.07, 6.45) is -4.05. The number of aryl methyl sites for hydroxylation is 1. The number of hydrogen-bond donors (Lipinski definition) is 0. The highest BCUT2D eigenvalue weighted by atomic mass is 19.4. The van der Waals surface area contributed by atoms with Crippen molar-refractivity contribution in [2.75, 3.05) is 18.1 Å². The van der Waals surface area contributed by atoms with E-state index < -0.39 is 24.7 Å². The molecule has 1 amide bonds. The third-order valence-corrected chi connectivity index (χ3v) is 3.02. The predicted molar refractivity (Wildman–Crippen MR) is 64.5 cm³/mol. The van der Waals surface area contributed by atoms with Crippen molar-refractivity contribution in [3.05, 3.63) is 29.3 Å². The molecule has 108 valence electrons. The van der Waals surface area contributed by atoms with E-state index in [9.17, 15) is 22.8 Å². The summed E-state index contributed by atoms with van der Waals surface area (Å²) in [6.45, 7) is 0.873. The summed E-state index contributed by atoms with van der Waals surface area (Å²) in [6, 6.07) is 4.91. The number of ketones is 1. The van der Waals surface area contributed by atoms with Crippen LogP contribution in [0.2, 0.25) is 0 Å². The van der Waals surface area contributed by atoms with Gasteiger partial charge < -0.3 is 4.90 Å². The highest BCUT2D eigenvalue weighted by Crippen LogP contribution is 2.30. The SMILES string of the molecule is CCc1ccc2c(c1)C(=O)C(=O)N2CCOC(F)(F)F. The first kappa shape index (κ1) is 14.5. The molecule has 1 aliphatic rings. The Morgan fingerprint density at radius 3 is 2.55 bits per heavy atom. The van der Waals surface area contributed by atoms with Crippen LogP contribution in [0.1, 0.15) is 22.8 Å². The number of carbonyl (C=O) groups excluding carboxylic acids is 2. The number of Topliss-reactive ketones (excluding diaryl/α,β-unsaturated/α-hetero) is 1. The molecule has 0 saturated heterocycles. The van der Waals surface area contributed by atoms with Crippen LogP contribution >= 0.6 is 0 Å². The van der Waals surface area contributed by atoms with Gasteiger partial charge in [-0.3, -0.25) is 14.3 Å². The van der Waals surface area contributed by atoms with Crippen molar-refractivity contribution in [2.45, 2.75) is 19.7 Å². The fourth-order valence-corrected chi connectivity index (χ4v) is 2.04. The summed E-state index contributed by atoms with van der Waals surface area (Å²) >= 11 is 0. The molecular formula is C13H12F3NO3. The average molecular weight is 287 g/mol. The number of carbonyl (C=O) groups is 2. The summed E-state index contributed by atoms with van der Waals surface area (Å²) in [7, 11) is 0. The third-order valence-electron chi connectivity index (χ3n) is 3.02. The van der Waals surface area contributed by atoms with Gasteiger partial charge in [-0.2, -0.15) is 0 Å². The summed E-state index contributed by atoms with van der Waals surface area (Å²) in [5.74, 6) is -1.51. The van der Waals surface area contributed by atoms with Crippen LogP contribution in [0.3, 0.4) is 0 Å². The molecule has 0 radical (unpaired) electrons. The van der Waals surface area contributed by atoms with Crippen LogP contribution in [0.15, 0.2) is 18.2 Å². The van der Waals surface area contributed by atoms with Gasteiger partial charge in [0.05, 0.1) is 24.4 Å². The second-order valence-corrected chi connectivity index (χ2v) is 4.29. The molecule has 4 nitrogen and oxygen atoms in total. The van der Waals surface area contributed by atoms with Gasteiger partial charge in [-0.15, -0.1) is 13.2 Å². The van der Waals surface area contributed by atoms with Crippen LogP contribution < -0.4 is 4.90 Å². The molecular weight excluding hydrogens is 275 g/mol. The standard InChI is InChI=1S/C13H12F3NO3/c1-2-8-3-4-10-9(7-8)11(18)12(19)17(10)5-6-20-13(14,15)16/h3-4,7H,2,5-6H2,1H3. The fraction of sp³-hybridized carbons (Fsp3) is 0.385. The fourth-order valence-electron chi connectivity index (χ4n) is 2.04.